The van der Waals surface area contributed by atoms with Crippen LogP contribution in [0.1, 0.15) is 36.7 Å². The van der Waals surface area contributed by atoms with Crippen molar-refractivity contribution in [3.05, 3.63) is 33.7 Å². The molecular formula is C16H16O5. The third-order valence-electron chi connectivity index (χ3n) is 3.65. The molecular weight excluding hydrogens is 272 g/mol. The van der Waals surface area contributed by atoms with Gasteiger partial charge in [-0.05, 0) is 12.5 Å². The molecule has 1 aromatic heterocycles. The number of phenolic OH excluding ortho intramolecular Hbond substituents is 1. The quantitative estimate of drug-likeness (QED) is 0.679. The van der Waals surface area contributed by atoms with E-state index < -0.39 is 5.63 Å². The maximum Gasteiger partial charge on any atom is 0.336 e. The van der Waals surface area contributed by atoms with Crippen LogP contribution < -0.4 is 10.4 Å². The van der Waals surface area contributed by atoms with E-state index >= 15 is 0 Å². The smallest absolute Gasteiger partial charge is 0.336 e. The fourth-order valence-corrected chi connectivity index (χ4v) is 2.72. The Balaban J connectivity index is 2.43. The summed E-state index contributed by atoms with van der Waals surface area (Å²) in [6, 6.07) is 2.85. The van der Waals surface area contributed by atoms with Gasteiger partial charge in [-0.25, -0.2) is 4.79 Å². The second-order valence-corrected chi connectivity index (χ2v) is 5.72. The first-order valence-corrected chi connectivity index (χ1v) is 6.92. The van der Waals surface area contributed by atoms with Crippen LogP contribution in [0.5, 0.6) is 11.5 Å². The van der Waals surface area contributed by atoms with Crippen molar-refractivity contribution in [2.24, 2.45) is 5.92 Å². The highest BCUT2D eigenvalue weighted by molar-refractivity contribution is 6.11. The molecule has 1 aromatic carbocycles. The molecule has 5 nitrogen and oxygen atoms in total. The molecule has 0 radical (unpaired) electrons. The summed E-state index contributed by atoms with van der Waals surface area (Å²) in [6.07, 6.45) is 0.461. The number of Topliss-reactive ketones (excluding diaryl/α,β-unsaturated/α-hetero) is 1. The Kier molecular flexibility index (Phi) is 3.01. The number of ether oxygens (including phenoxy) is 1. The Morgan fingerprint density at radius 1 is 1.38 bits per heavy atom. The fourth-order valence-electron chi connectivity index (χ4n) is 2.72. The van der Waals surface area contributed by atoms with Crippen molar-refractivity contribution in [3.63, 3.8) is 0 Å². The first-order valence-electron chi connectivity index (χ1n) is 6.92. The van der Waals surface area contributed by atoms with Crippen LogP contribution in [0.3, 0.4) is 0 Å². The number of benzene rings is 1. The van der Waals surface area contributed by atoms with Crippen molar-refractivity contribution >= 4 is 16.8 Å². The summed E-state index contributed by atoms with van der Waals surface area (Å²) in [4.78, 5) is 24.1. The molecule has 0 amide bonds. The molecule has 3 rings (SSSR count). The van der Waals surface area contributed by atoms with E-state index in [1.807, 2.05) is 6.92 Å². The molecule has 1 aliphatic heterocycles. The van der Waals surface area contributed by atoms with Crippen LogP contribution in [0, 0.1) is 5.92 Å². The molecule has 2 aromatic rings. The lowest BCUT2D eigenvalue weighted by molar-refractivity contribution is 0.0937. The Hall–Kier alpha value is -2.30. The summed E-state index contributed by atoms with van der Waals surface area (Å²) < 4.78 is 10.9. The molecule has 1 aliphatic rings. The van der Waals surface area contributed by atoms with Gasteiger partial charge in [-0.2, -0.15) is 0 Å². The molecule has 0 aliphatic carbocycles. The largest absolute Gasteiger partial charge is 0.507 e. The van der Waals surface area contributed by atoms with Crippen LogP contribution >= 0.6 is 0 Å². The average molecular weight is 288 g/mol. The highest BCUT2D eigenvalue weighted by Gasteiger charge is 2.28. The van der Waals surface area contributed by atoms with E-state index in [-0.39, 0.29) is 34.7 Å². The lowest BCUT2D eigenvalue weighted by Gasteiger charge is -2.24. The van der Waals surface area contributed by atoms with E-state index in [0.717, 1.165) is 5.56 Å². The van der Waals surface area contributed by atoms with Crippen molar-refractivity contribution in [2.45, 2.75) is 33.3 Å². The molecule has 1 unspecified atom stereocenters. The van der Waals surface area contributed by atoms with Crippen molar-refractivity contribution in [1.29, 1.82) is 0 Å². The third-order valence-corrected chi connectivity index (χ3v) is 3.65. The van der Waals surface area contributed by atoms with E-state index in [2.05, 4.69) is 0 Å². The zero-order valence-corrected chi connectivity index (χ0v) is 12.1. The predicted molar refractivity (Wildman–Crippen MR) is 77.1 cm³/mol. The van der Waals surface area contributed by atoms with E-state index in [1.54, 1.807) is 13.8 Å². The van der Waals surface area contributed by atoms with E-state index in [0.29, 0.717) is 17.6 Å². The molecule has 0 bridgehead atoms. The van der Waals surface area contributed by atoms with Gasteiger partial charge in [-0.3, -0.25) is 4.79 Å². The van der Waals surface area contributed by atoms with Gasteiger partial charge in [0.05, 0.1) is 11.5 Å². The van der Waals surface area contributed by atoms with Gasteiger partial charge in [-0.15, -0.1) is 0 Å². The van der Waals surface area contributed by atoms with Crippen LogP contribution in [-0.2, 0) is 6.42 Å². The van der Waals surface area contributed by atoms with Crippen molar-refractivity contribution < 1.29 is 19.1 Å². The van der Waals surface area contributed by atoms with Gasteiger partial charge in [0.15, 0.2) is 11.4 Å². The monoisotopic (exact) mass is 288 g/mol. The molecule has 0 saturated carbocycles. The van der Waals surface area contributed by atoms with Gasteiger partial charge in [0.25, 0.3) is 0 Å². The molecule has 5 heteroatoms. The van der Waals surface area contributed by atoms with Gasteiger partial charge in [0.2, 0.25) is 0 Å². The second kappa shape index (κ2) is 4.62. The van der Waals surface area contributed by atoms with Crippen LogP contribution in [0.2, 0.25) is 0 Å². The average Bonchev–Trinajstić information content (AvgIpc) is 2.36. The van der Waals surface area contributed by atoms with Crippen molar-refractivity contribution in [1.82, 2.24) is 0 Å². The zero-order chi connectivity index (χ0) is 15.3. The van der Waals surface area contributed by atoms with E-state index in [9.17, 15) is 14.7 Å². The summed E-state index contributed by atoms with van der Waals surface area (Å²) in [5.41, 5.74) is 0.438. The summed E-state index contributed by atoms with van der Waals surface area (Å²) in [7, 11) is 0. The number of carbonyl (C=O) groups excluding carboxylic acids is 1. The number of hydrogen-bond acceptors (Lipinski definition) is 5. The highest BCUT2D eigenvalue weighted by Crippen LogP contribution is 2.40. The Morgan fingerprint density at radius 2 is 2.10 bits per heavy atom. The van der Waals surface area contributed by atoms with Crippen molar-refractivity contribution in [2.75, 3.05) is 0 Å². The topological polar surface area (TPSA) is 76.7 Å². The summed E-state index contributed by atoms with van der Waals surface area (Å²) in [5.74, 6) is -0.356. The second-order valence-electron chi connectivity index (χ2n) is 5.72. The van der Waals surface area contributed by atoms with Crippen molar-refractivity contribution in [3.8, 4) is 11.5 Å². The number of phenols is 1. The number of rotatable bonds is 2. The molecule has 110 valence electrons. The molecule has 1 N–H and O–H groups in total. The van der Waals surface area contributed by atoms with E-state index in [1.165, 1.54) is 12.1 Å². The SMILES string of the molecule is CC1Cc2cc(=O)oc3c(C(=O)C(C)C)c(O)cc(c23)O1. The highest BCUT2D eigenvalue weighted by atomic mass is 16.5. The minimum Gasteiger partial charge on any atom is -0.507 e. The third kappa shape index (κ3) is 2.09. The lowest BCUT2D eigenvalue weighted by Crippen LogP contribution is -2.22. The van der Waals surface area contributed by atoms with Gasteiger partial charge in [0.1, 0.15) is 17.1 Å². The molecule has 0 saturated heterocycles. The standard InChI is InChI=1S/C16H16O5/c1-7(2)15(19)14-10(17)6-11-13-9(4-8(3)20-11)5-12(18)21-16(13)14/h5-8,17H,4H2,1-3H3. The molecule has 21 heavy (non-hydrogen) atoms. The number of aromatic hydroxyl groups is 1. The van der Waals surface area contributed by atoms with Crippen LogP contribution in [0.25, 0.3) is 11.0 Å². The van der Waals surface area contributed by atoms with Crippen LogP contribution in [-0.4, -0.2) is 17.0 Å². The molecule has 0 spiro atoms. The maximum absolute atomic E-state index is 12.3. The molecule has 1 atom stereocenters. The normalized spacial score (nSPS) is 17.0. The Morgan fingerprint density at radius 3 is 2.76 bits per heavy atom. The van der Waals surface area contributed by atoms with Crippen LogP contribution in [0.4, 0.5) is 0 Å². The first kappa shape index (κ1) is 13.7. The maximum atomic E-state index is 12.3. The number of ketones is 1. The Labute approximate surface area is 121 Å². The molecule has 2 heterocycles. The number of hydrogen-bond donors (Lipinski definition) is 1. The lowest BCUT2D eigenvalue weighted by atomic mass is 9.93. The van der Waals surface area contributed by atoms with Gasteiger partial charge >= 0.3 is 5.63 Å². The predicted octanol–water partition coefficient (Wildman–Crippen LogP) is 2.66. The summed E-state index contributed by atoms with van der Waals surface area (Å²) in [5, 5.41) is 10.8. The van der Waals surface area contributed by atoms with Crippen LogP contribution in [0.15, 0.2) is 21.3 Å². The van der Waals surface area contributed by atoms with Gasteiger partial charge in [-0.1, -0.05) is 13.8 Å². The zero-order valence-electron chi connectivity index (χ0n) is 12.1. The fraction of sp³-hybridized carbons (Fsp3) is 0.375. The van der Waals surface area contributed by atoms with Gasteiger partial charge in [0, 0.05) is 24.5 Å². The summed E-state index contributed by atoms with van der Waals surface area (Å²) >= 11 is 0. The minimum absolute atomic E-state index is 0.0563. The van der Waals surface area contributed by atoms with E-state index in [4.69, 9.17) is 9.15 Å². The molecule has 0 fully saturated rings. The Bertz CT molecular complexity index is 800. The minimum atomic E-state index is -0.527. The number of carbonyl (C=O) groups is 1. The first-order chi connectivity index (χ1) is 9.88. The van der Waals surface area contributed by atoms with Gasteiger partial charge < -0.3 is 14.3 Å². The summed E-state index contributed by atoms with van der Waals surface area (Å²) in [6.45, 7) is 5.34.